The first-order valence-electron chi connectivity index (χ1n) is 8.77. The number of hydrogen-bond donors (Lipinski definition) is 3. The second-order valence-corrected chi connectivity index (χ2v) is 6.72. The van der Waals surface area contributed by atoms with Crippen molar-refractivity contribution >= 4 is 17.5 Å². The molecule has 0 unspecified atom stereocenters. The van der Waals surface area contributed by atoms with Crippen LogP contribution in [-0.2, 0) is 9.47 Å². The second kappa shape index (κ2) is 9.31. The van der Waals surface area contributed by atoms with E-state index in [-0.39, 0.29) is 5.24 Å². The van der Waals surface area contributed by atoms with Crippen LogP contribution in [0.2, 0.25) is 0 Å². The SMILES string of the molecule is Cc1ccc(OC(=S)O[C@@H]2[C@H](O)[C@H](Oc3ccccc3)O[C@H](CO)[C@H]2O)cc1. The zero-order valence-corrected chi connectivity index (χ0v) is 16.0. The Morgan fingerprint density at radius 2 is 1.68 bits per heavy atom. The topological polar surface area (TPSA) is 97.6 Å². The fourth-order valence-electron chi connectivity index (χ4n) is 2.76. The van der Waals surface area contributed by atoms with Gasteiger partial charge in [0.15, 0.2) is 12.2 Å². The molecule has 150 valence electrons. The molecule has 5 atom stereocenters. The van der Waals surface area contributed by atoms with Crippen molar-refractivity contribution in [1.29, 1.82) is 0 Å². The molecule has 3 rings (SSSR count). The third-order valence-electron chi connectivity index (χ3n) is 4.27. The number of para-hydroxylation sites is 1. The molecule has 8 heteroatoms. The van der Waals surface area contributed by atoms with Gasteiger partial charge in [0.05, 0.1) is 6.61 Å². The van der Waals surface area contributed by atoms with Crippen LogP contribution in [0.5, 0.6) is 11.5 Å². The van der Waals surface area contributed by atoms with Crippen LogP contribution in [0.4, 0.5) is 0 Å². The van der Waals surface area contributed by atoms with Crippen LogP contribution in [0, 0.1) is 6.92 Å². The van der Waals surface area contributed by atoms with Crippen LogP contribution < -0.4 is 9.47 Å². The molecule has 3 N–H and O–H groups in total. The maximum atomic E-state index is 10.6. The van der Waals surface area contributed by atoms with Crippen molar-refractivity contribution in [3.63, 3.8) is 0 Å². The Balaban J connectivity index is 1.69. The van der Waals surface area contributed by atoms with Gasteiger partial charge in [-0.15, -0.1) is 0 Å². The third-order valence-corrected chi connectivity index (χ3v) is 4.45. The van der Waals surface area contributed by atoms with Gasteiger partial charge in [0.25, 0.3) is 0 Å². The van der Waals surface area contributed by atoms with Crippen LogP contribution in [0.25, 0.3) is 0 Å². The molecule has 0 aromatic heterocycles. The molecule has 1 saturated heterocycles. The van der Waals surface area contributed by atoms with Crippen molar-refractivity contribution in [3.05, 3.63) is 60.2 Å². The molecule has 7 nitrogen and oxygen atoms in total. The van der Waals surface area contributed by atoms with E-state index in [0.29, 0.717) is 11.5 Å². The highest BCUT2D eigenvalue weighted by atomic mass is 32.1. The Hall–Kier alpha value is -2.23. The van der Waals surface area contributed by atoms with Gasteiger partial charge in [0, 0.05) is 12.2 Å². The number of aryl methyl sites for hydroxylation is 1. The Kier molecular flexibility index (Phi) is 6.82. The first-order chi connectivity index (χ1) is 13.5. The average molecular weight is 406 g/mol. The van der Waals surface area contributed by atoms with Crippen LogP contribution in [0.3, 0.4) is 0 Å². The Bertz CT molecular complexity index is 768. The average Bonchev–Trinajstić information content (AvgIpc) is 2.70. The van der Waals surface area contributed by atoms with Crippen molar-refractivity contribution < 1.29 is 34.3 Å². The van der Waals surface area contributed by atoms with E-state index >= 15 is 0 Å². The number of ether oxygens (including phenoxy) is 4. The molecule has 0 amide bonds. The summed E-state index contributed by atoms with van der Waals surface area (Å²) in [6, 6.07) is 15.9. The van der Waals surface area contributed by atoms with Crippen LogP contribution in [0.1, 0.15) is 5.56 Å². The minimum Gasteiger partial charge on any atom is -0.462 e. The Morgan fingerprint density at radius 3 is 2.32 bits per heavy atom. The number of benzene rings is 2. The normalized spacial score (nSPS) is 27.1. The van der Waals surface area contributed by atoms with Crippen molar-refractivity contribution in [2.24, 2.45) is 0 Å². The summed E-state index contributed by atoms with van der Waals surface area (Å²) in [7, 11) is 0. The molecule has 2 aromatic rings. The molecule has 0 bridgehead atoms. The van der Waals surface area contributed by atoms with Crippen LogP contribution >= 0.6 is 12.2 Å². The lowest BCUT2D eigenvalue weighted by Crippen LogP contribution is -2.61. The number of aliphatic hydroxyl groups is 3. The lowest BCUT2D eigenvalue weighted by Gasteiger charge is -2.41. The zero-order chi connectivity index (χ0) is 20.1. The van der Waals surface area contributed by atoms with E-state index in [9.17, 15) is 15.3 Å². The summed E-state index contributed by atoms with van der Waals surface area (Å²) in [5.41, 5.74) is 1.06. The molecule has 0 radical (unpaired) electrons. The van der Waals surface area contributed by atoms with Gasteiger partial charge in [-0.2, -0.15) is 0 Å². The van der Waals surface area contributed by atoms with Gasteiger partial charge >= 0.3 is 5.24 Å². The Labute approximate surface area is 168 Å². The number of thiocarbonyl (C=S) groups is 1. The van der Waals surface area contributed by atoms with Gasteiger partial charge in [-0.3, -0.25) is 0 Å². The minimum atomic E-state index is -1.38. The van der Waals surface area contributed by atoms with E-state index in [1.54, 1.807) is 36.4 Å². The minimum absolute atomic E-state index is 0.274. The van der Waals surface area contributed by atoms with Gasteiger partial charge in [0.1, 0.15) is 23.7 Å². The van der Waals surface area contributed by atoms with Gasteiger partial charge in [-0.25, -0.2) is 0 Å². The molecule has 0 saturated carbocycles. The summed E-state index contributed by atoms with van der Waals surface area (Å²) in [6.07, 6.45) is -6.12. The first-order valence-corrected chi connectivity index (χ1v) is 9.18. The highest BCUT2D eigenvalue weighted by molar-refractivity contribution is 7.79. The summed E-state index contributed by atoms with van der Waals surface area (Å²) >= 11 is 5.09. The monoisotopic (exact) mass is 406 g/mol. The number of hydrogen-bond acceptors (Lipinski definition) is 8. The number of rotatable bonds is 5. The summed E-state index contributed by atoms with van der Waals surface area (Å²) in [4.78, 5) is 0. The molecular formula is C20H22O7S. The van der Waals surface area contributed by atoms with E-state index in [1.807, 2.05) is 25.1 Å². The number of aliphatic hydroxyl groups excluding tert-OH is 3. The van der Waals surface area contributed by atoms with Crippen molar-refractivity contribution in [1.82, 2.24) is 0 Å². The third kappa shape index (κ3) is 4.98. The quantitative estimate of drug-likeness (QED) is 0.644. The molecular weight excluding hydrogens is 384 g/mol. The van der Waals surface area contributed by atoms with Crippen molar-refractivity contribution in [3.8, 4) is 11.5 Å². The predicted octanol–water partition coefficient (Wildman–Crippen LogP) is 1.56. The largest absolute Gasteiger partial charge is 0.462 e. The zero-order valence-electron chi connectivity index (χ0n) is 15.2. The van der Waals surface area contributed by atoms with Gasteiger partial charge in [-0.05, 0) is 31.2 Å². The maximum Gasteiger partial charge on any atom is 0.358 e. The van der Waals surface area contributed by atoms with Gasteiger partial charge in [0.2, 0.25) is 6.29 Å². The molecule has 1 fully saturated rings. The Morgan fingerprint density at radius 1 is 1.00 bits per heavy atom. The molecule has 28 heavy (non-hydrogen) atoms. The van der Waals surface area contributed by atoms with E-state index in [4.69, 9.17) is 31.2 Å². The summed E-state index contributed by atoms with van der Waals surface area (Å²) in [6.45, 7) is 1.45. The molecule has 1 aliphatic rings. The highest BCUT2D eigenvalue weighted by Crippen LogP contribution is 2.26. The van der Waals surface area contributed by atoms with Crippen molar-refractivity contribution in [2.75, 3.05) is 6.61 Å². The highest BCUT2D eigenvalue weighted by Gasteiger charge is 2.47. The van der Waals surface area contributed by atoms with Gasteiger partial charge in [-0.1, -0.05) is 35.9 Å². The molecule has 1 aliphatic heterocycles. The smallest absolute Gasteiger partial charge is 0.358 e. The molecule has 0 aliphatic carbocycles. The van der Waals surface area contributed by atoms with E-state index in [0.717, 1.165) is 5.56 Å². The molecule has 2 aromatic carbocycles. The lowest BCUT2D eigenvalue weighted by molar-refractivity contribution is -0.275. The predicted molar refractivity (Wildman–Crippen MR) is 104 cm³/mol. The van der Waals surface area contributed by atoms with Gasteiger partial charge < -0.3 is 34.3 Å². The maximum absolute atomic E-state index is 10.6. The van der Waals surface area contributed by atoms with E-state index < -0.39 is 37.3 Å². The first kappa shape index (κ1) is 20.5. The molecule has 1 heterocycles. The van der Waals surface area contributed by atoms with Crippen LogP contribution in [0.15, 0.2) is 54.6 Å². The van der Waals surface area contributed by atoms with E-state index in [1.165, 1.54) is 0 Å². The molecule has 0 spiro atoms. The fraction of sp³-hybridized carbons (Fsp3) is 0.350. The summed E-state index contributed by atoms with van der Waals surface area (Å²) in [5.74, 6) is 0.916. The van der Waals surface area contributed by atoms with E-state index in [2.05, 4.69) is 0 Å². The fourth-order valence-corrected chi connectivity index (χ4v) is 2.97. The van der Waals surface area contributed by atoms with Crippen molar-refractivity contribution in [2.45, 2.75) is 37.6 Å². The second-order valence-electron chi connectivity index (χ2n) is 6.39. The lowest BCUT2D eigenvalue weighted by atomic mass is 9.99. The summed E-state index contributed by atoms with van der Waals surface area (Å²) < 4.78 is 22.0. The van der Waals surface area contributed by atoms with Crippen LogP contribution in [-0.4, -0.2) is 57.9 Å². The summed E-state index contributed by atoms with van der Waals surface area (Å²) in [5, 5.41) is 30.2. The standard InChI is InChI=1S/C20H22O7S/c1-12-7-9-14(10-8-12)25-20(28)27-18-16(22)15(11-21)26-19(17(18)23)24-13-5-3-2-4-6-13/h2-10,15-19,21-23H,11H2,1H3/t15-,16-,17+,18+,19-/m1/s1.